The van der Waals surface area contributed by atoms with Crippen LogP contribution >= 0.6 is 11.9 Å². The summed E-state index contributed by atoms with van der Waals surface area (Å²) in [7, 11) is -0.931. The molecule has 4 atom stereocenters. The molecule has 0 aromatic heterocycles. The number of amides is 3. The van der Waals surface area contributed by atoms with Crippen molar-refractivity contribution in [1.29, 1.82) is 0 Å². The average molecular weight is 471 g/mol. The molecule has 8 nitrogen and oxygen atoms in total. The molecule has 0 aromatic carbocycles. The third-order valence-electron chi connectivity index (χ3n) is 6.30. The van der Waals surface area contributed by atoms with Gasteiger partial charge >= 0.3 is 5.97 Å². The van der Waals surface area contributed by atoms with Crippen molar-refractivity contribution in [3.8, 4) is 0 Å². The van der Waals surface area contributed by atoms with Crippen molar-refractivity contribution in [2.45, 2.75) is 83.1 Å². The normalized spacial score (nSPS) is 24.2. The summed E-state index contributed by atoms with van der Waals surface area (Å²) in [4.78, 5) is 51.5. The Balaban J connectivity index is 2.37. The molecule has 2 rings (SSSR count). The lowest BCUT2D eigenvalue weighted by molar-refractivity contribution is -0.168. The van der Waals surface area contributed by atoms with Crippen LogP contribution in [0.15, 0.2) is 12.2 Å². The number of β-lactam (4-membered cyclic amide) rings is 1. The zero-order chi connectivity index (χ0) is 23.9. The van der Waals surface area contributed by atoms with Crippen molar-refractivity contribution in [3.63, 3.8) is 0 Å². The lowest BCUT2D eigenvalue weighted by Crippen LogP contribution is -2.69. The van der Waals surface area contributed by atoms with E-state index in [9.17, 15) is 19.2 Å². The summed E-state index contributed by atoms with van der Waals surface area (Å²) in [5, 5.41) is -0.678. The van der Waals surface area contributed by atoms with E-state index in [1.54, 1.807) is 6.92 Å². The van der Waals surface area contributed by atoms with Crippen LogP contribution in [0.3, 0.4) is 0 Å². The Labute approximate surface area is 189 Å². The molecule has 0 saturated carbocycles. The molecule has 0 radical (unpaired) electrons. The predicted molar refractivity (Wildman–Crippen MR) is 121 cm³/mol. The van der Waals surface area contributed by atoms with Gasteiger partial charge in [-0.15, -0.1) is 0 Å². The minimum atomic E-state index is -2.18. The number of esters is 1. The maximum absolute atomic E-state index is 13.3. The molecular formula is C21H34N2O6SSi. The van der Waals surface area contributed by atoms with Crippen molar-refractivity contribution in [2.75, 3.05) is 7.11 Å². The number of rotatable bonds is 8. The summed E-state index contributed by atoms with van der Waals surface area (Å²) in [5.41, 5.74) is 0.446. The fraction of sp³-hybridized carbons (Fsp3) is 0.714. The van der Waals surface area contributed by atoms with Crippen LogP contribution in [-0.4, -0.2) is 65.8 Å². The van der Waals surface area contributed by atoms with Gasteiger partial charge in [-0.25, -0.2) is 9.10 Å². The summed E-state index contributed by atoms with van der Waals surface area (Å²) >= 11 is 0.991. The molecule has 2 fully saturated rings. The number of imide groups is 1. The smallest absolute Gasteiger partial charge is 0.332 e. The van der Waals surface area contributed by atoms with E-state index < -0.39 is 37.7 Å². The van der Waals surface area contributed by atoms with Gasteiger partial charge in [0.25, 0.3) is 0 Å². The standard InChI is InChI=1S/C21H34N2O6SSi/c1-12(2)17(20(27)28-7)22-18(26)16(13(3)29-31(8,9)21(4,5)6)19(22)30-23-14(24)10-11-15(23)25/h13,16-17,19H,1,10-11H2,2-9H3/t13-,16+,17?,19-/m1/s1. The number of carbonyl (C=O) groups is 4. The SMILES string of the molecule is C=C(C)C(C(=O)OC)N1C(=O)[C@H]([C@@H](C)O[Si](C)(C)C(C)(C)C)[C@H]1SN1C(=O)CCC1=O. The first-order valence-electron chi connectivity index (χ1n) is 10.4. The van der Waals surface area contributed by atoms with E-state index in [1.165, 1.54) is 12.0 Å². The molecule has 10 heteroatoms. The molecule has 0 aliphatic carbocycles. The summed E-state index contributed by atoms with van der Waals surface area (Å²) in [6.07, 6.45) is -0.152. The lowest BCUT2D eigenvalue weighted by atomic mass is 9.89. The Morgan fingerprint density at radius 1 is 1.19 bits per heavy atom. The minimum Gasteiger partial charge on any atom is -0.467 e. The highest BCUT2D eigenvalue weighted by Crippen LogP contribution is 2.46. The van der Waals surface area contributed by atoms with E-state index in [4.69, 9.17) is 9.16 Å². The highest BCUT2D eigenvalue weighted by atomic mass is 32.2. The molecule has 174 valence electrons. The second-order valence-corrected chi connectivity index (χ2v) is 15.5. The second-order valence-electron chi connectivity index (χ2n) is 9.70. The Morgan fingerprint density at radius 2 is 1.71 bits per heavy atom. The van der Waals surface area contributed by atoms with Crippen molar-refractivity contribution in [3.05, 3.63) is 12.2 Å². The maximum atomic E-state index is 13.3. The van der Waals surface area contributed by atoms with Gasteiger partial charge < -0.3 is 14.1 Å². The van der Waals surface area contributed by atoms with Gasteiger partial charge in [0, 0.05) is 12.8 Å². The molecule has 0 N–H and O–H groups in total. The Kier molecular flexibility index (Phi) is 7.49. The van der Waals surface area contributed by atoms with Crippen LogP contribution in [0.25, 0.3) is 0 Å². The average Bonchev–Trinajstić information content (AvgIpc) is 2.95. The van der Waals surface area contributed by atoms with Crippen LogP contribution in [0.2, 0.25) is 18.1 Å². The van der Waals surface area contributed by atoms with Crippen LogP contribution in [0, 0.1) is 5.92 Å². The van der Waals surface area contributed by atoms with Gasteiger partial charge in [-0.3, -0.25) is 14.4 Å². The molecule has 2 saturated heterocycles. The van der Waals surface area contributed by atoms with Crippen molar-refractivity contribution in [2.24, 2.45) is 5.92 Å². The molecule has 2 heterocycles. The largest absolute Gasteiger partial charge is 0.467 e. The van der Waals surface area contributed by atoms with Crippen LogP contribution in [0.1, 0.15) is 47.5 Å². The second kappa shape index (κ2) is 9.07. The number of hydrogen-bond donors (Lipinski definition) is 0. The van der Waals surface area contributed by atoms with Crippen LogP contribution in [0.5, 0.6) is 0 Å². The summed E-state index contributed by atoms with van der Waals surface area (Å²) < 4.78 is 12.5. The number of carbonyl (C=O) groups excluding carboxylic acids is 4. The van der Waals surface area contributed by atoms with Crippen molar-refractivity contribution >= 4 is 44.0 Å². The van der Waals surface area contributed by atoms with Crippen LogP contribution in [-0.2, 0) is 28.3 Å². The highest BCUT2D eigenvalue weighted by molar-refractivity contribution is 7.98. The Hall–Kier alpha value is -1.65. The van der Waals surface area contributed by atoms with E-state index in [0.717, 1.165) is 16.3 Å². The van der Waals surface area contributed by atoms with Crippen LogP contribution in [0.4, 0.5) is 0 Å². The summed E-state index contributed by atoms with van der Waals surface area (Å²) in [5.74, 6) is -2.08. The Morgan fingerprint density at radius 3 is 2.13 bits per heavy atom. The first kappa shape index (κ1) is 25.6. The molecule has 1 unspecified atom stereocenters. The molecule has 2 aliphatic rings. The predicted octanol–water partition coefficient (Wildman–Crippen LogP) is 3.10. The molecular weight excluding hydrogens is 436 g/mol. The third kappa shape index (κ3) is 4.90. The number of nitrogens with zero attached hydrogens (tertiary/aromatic N) is 2. The molecule has 3 amide bonds. The van der Waals surface area contributed by atoms with Gasteiger partial charge in [0.1, 0.15) is 5.37 Å². The van der Waals surface area contributed by atoms with Gasteiger partial charge in [-0.1, -0.05) is 27.4 Å². The fourth-order valence-electron chi connectivity index (χ4n) is 3.49. The quantitative estimate of drug-likeness (QED) is 0.134. The van der Waals surface area contributed by atoms with E-state index >= 15 is 0 Å². The van der Waals surface area contributed by atoms with Gasteiger partial charge in [-0.05, 0) is 49.5 Å². The van der Waals surface area contributed by atoms with Crippen molar-refractivity contribution < 1.29 is 28.3 Å². The van der Waals surface area contributed by atoms with Gasteiger partial charge in [0.15, 0.2) is 14.4 Å². The zero-order valence-corrected chi connectivity index (χ0v) is 21.5. The van der Waals surface area contributed by atoms with Crippen molar-refractivity contribution in [1.82, 2.24) is 9.21 Å². The van der Waals surface area contributed by atoms with Crippen LogP contribution < -0.4 is 0 Å². The highest BCUT2D eigenvalue weighted by Gasteiger charge is 2.58. The lowest BCUT2D eigenvalue weighted by Gasteiger charge is -2.53. The fourth-order valence-corrected chi connectivity index (χ4v) is 6.35. The molecule has 0 aromatic rings. The number of ether oxygens (including phenoxy) is 1. The van der Waals surface area contributed by atoms with E-state index in [2.05, 4.69) is 40.4 Å². The number of hydrogen-bond acceptors (Lipinski definition) is 7. The topological polar surface area (TPSA) is 93.2 Å². The Bertz CT molecular complexity index is 777. The first-order valence-corrected chi connectivity index (χ1v) is 14.1. The summed E-state index contributed by atoms with van der Waals surface area (Å²) in [6, 6.07) is -0.987. The van der Waals surface area contributed by atoms with Gasteiger partial charge in [-0.2, -0.15) is 0 Å². The zero-order valence-electron chi connectivity index (χ0n) is 19.7. The minimum absolute atomic E-state index is 0.0521. The number of likely N-dealkylation sites (tertiary alicyclic amines) is 1. The van der Waals surface area contributed by atoms with Gasteiger partial charge in [0.05, 0.1) is 19.1 Å². The van der Waals surface area contributed by atoms with E-state index in [1.807, 2.05) is 6.92 Å². The van der Waals surface area contributed by atoms with E-state index in [0.29, 0.717) is 5.57 Å². The first-order chi connectivity index (χ1) is 14.1. The third-order valence-corrected chi connectivity index (χ3v) is 12.2. The molecule has 2 aliphatic heterocycles. The molecule has 0 spiro atoms. The van der Waals surface area contributed by atoms with E-state index in [-0.39, 0.29) is 35.6 Å². The maximum Gasteiger partial charge on any atom is 0.332 e. The number of methoxy groups -OCH3 is 1. The van der Waals surface area contributed by atoms with Gasteiger partial charge in [0.2, 0.25) is 17.7 Å². The summed E-state index contributed by atoms with van der Waals surface area (Å²) in [6.45, 7) is 17.9. The molecule has 31 heavy (non-hydrogen) atoms. The molecule has 0 bridgehead atoms. The monoisotopic (exact) mass is 470 g/mol.